The number of hydrogen-bond donors (Lipinski definition) is 2. The normalized spacial score (nSPS) is 10.5. The van der Waals surface area contributed by atoms with Crippen molar-refractivity contribution in [1.29, 1.82) is 0 Å². The number of rotatable bonds is 7. The summed E-state index contributed by atoms with van der Waals surface area (Å²) >= 11 is 5.97. The van der Waals surface area contributed by atoms with Crippen LogP contribution in [-0.2, 0) is 4.79 Å². The average molecular weight is 360 g/mol. The second-order valence-corrected chi connectivity index (χ2v) is 5.36. The van der Waals surface area contributed by atoms with Crippen molar-refractivity contribution in [2.75, 3.05) is 13.2 Å². The highest BCUT2D eigenvalue weighted by atomic mass is 35.5. The van der Waals surface area contributed by atoms with E-state index in [1.807, 2.05) is 13.0 Å². The van der Waals surface area contributed by atoms with Crippen molar-refractivity contribution in [2.45, 2.75) is 6.92 Å². The SMILES string of the molecule is CCOc1ccc(C(=O)NCC(=O)N/N=C/c2ccccc2Cl)cc1. The molecular weight excluding hydrogens is 342 g/mol. The Morgan fingerprint density at radius 1 is 1.16 bits per heavy atom. The Balaban J connectivity index is 1.79. The van der Waals surface area contributed by atoms with Gasteiger partial charge in [-0.3, -0.25) is 9.59 Å². The van der Waals surface area contributed by atoms with E-state index in [0.29, 0.717) is 28.5 Å². The summed E-state index contributed by atoms with van der Waals surface area (Å²) in [7, 11) is 0. The molecule has 0 fully saturated rings. The minimum absolute atomic E-state index is 0.189. The van der Waals surface area contributed by atoms with Gasteiger partial charge in [0, 0.05) is 16.1 Å². The summed E-state index contributed by atoms with van der Waals surface area (Å²) in [6, 6.07) is 13.8. The van der Waals surface area contributed by atoms with Crippen LogP contribution in [0.3, 0.4) is 0 Å². The van der Waals surface area contributed by atoms with Gasteiger partial charge in [-0.1, -0.05) is 29.8 Å². The fraction of sp³-hybridized carbons (Fsp3) is 0.167. The molecule has 0 heterocycles. The van der Waals surface area contributed by atoms with Crippen LogP contribution >= 0.6 is 11.6 Å². The van der Waals surface area contributed by atoms with Gasteiger partial charge in [0.1, 0.15) is 5.75 Å². The molecule has 25 heavy (non-hydrogen) atoms. The van der Waals surface area contributed by atoms with Crippen LogP contribution in [0.5, 0.6) is 5.75 Å². The molecule has 2 aromatic rings. The maximum absolute atomic E-state index is 12.0. The van der Waals surface area contributed by atoms with Gasteiger partial charge in [0.05, 0.1) is 19.4 Å². The molecular formula is C18H18ClN3O3. The fourth-order valence-electron chi connectivity index (χ4n) is 1.92. The quantitative estimate of drug-likeness (QED) is 0.589. The third kappa shape index (κ3) is 5.93. The molecule has 7 heteroatoms. The lowest BCUT2D eigenvalue weighted by molar-refractivity contribution is -0.120. The Bertz CT molecular complexity index is 760. The number of hydrazone groups is 1. The monoisotopic (exact) mass is 359 g/mol. The zero-order chi connectivity index (χ0) is 18.1. The van der Waals surface area contributed by atoms with Crippen molar-refractivity contribution < 1.29 is 14.3 Å². The third-order valence-corrected chi connectivity index (χ3v) is 3.48. The molecule has 6 nitrogen and oxygen atoms in total. The summed E-state index contributed by atoms with van der Waals surface area (Å²) in [6.07, 6.45) is 1.44. The van der Waals surface area contributed by atoms with Crippen molar-refractivity contribution in [3.63, 3.8) is 0 Å². The van der Waals surface area contributed by atoms with Gasteiger partial charge in [-0.2, -0.15) is 5.10 Å². The van der Waals surface area contributed by atoms with Crippen LogP contribution in [0.2, 0.25) is 5.02 Å². The summed E-state index contributed by atoms with van der Waals surface area (Å²) < 4.78 is 5.31. The van der Waals surface area contributed by atoms with Gasteiger partial charge in [0.25, 0.3) is 11.8 Å². The molecule has 2 rings (SSSR count). The Hall–Kier alpha value is -2.86. The van der Waals surface area contributed by atoms with E-state index in [2.05, 4.69) is 15.8 Å². The van der Waals surface area contributed by atoms with Gasteiger partial charge in [-0.05, 0) is 37.3 Å². The van der Waals surface area contributed by atoms with E-state index >= 15 is 0 Å². The van der Waals surface area contributed by atoms with Crippen LogP contribution in [0.4, 0.5) is 0 Å². The largest absolute Gasteiger partial charge is 0.494 e. The van der Waals surface area contributed by atoms with Crippen LogP contribution in [0.1, 0.15) is 22.8 Å². The molecule has 2 N–H and O–H groups in total. The van der Waals surface area contributed by atoms with Crippen molar-refractivity contribution in [1.82, 2.24) is 10.7 Å². The molecule has 0 aliphatic rings. The van der Waals surface area contributed by atoms with Crippen LogP contribution in [-0.4, -0.2) is 31.2 Å². The highest BCUT2D eigenvalue weighted by molar-refractivity contribution is 6.33. The van der Waals surface area contributed by atoms with Crippen LogP contribution in [0, 0.1) is 0 Å². The molecule has 2 aromatic carbocycles. The first kappa shape index (κ1) is 18.5. The standard InChI is InChI=1S/C18H18ClN3O3/c1-2-25-15-9-7-13(8-10-15)18(24)20-12-17(23)22-21-11-14-5-3-4-6-16(14)19/h3-11H,2,12H2,1H3,(H,20,24)(H,22,23)/b21-11+. The summed E-state index contributed by atoms with van der Waals surface area (Å²) in [5, 5.41) is 6.86. The number of amides is 2. The molecule has 0 saturated carbocycles. The number of halogens is 1. The smallest absolute Gasteiger partial charge is 0.259 e. The molecule has 0 aliphatic heterocycles. The fourth-order valence-corrected chi connectivity index (χ4v) is 2.11. The Morgan fingerprint density at radius 2 is 1.88 bits per heavy atom. The maximum atomic E-state index is 12.0. The minimum Gasteiger partial charge on any atom is -0.494 e. The van der Waals surface area contributed by atoms with Gasteiger partial charge in [-0.25, -0.2) is 5.43 Å². The zero-order valence-electron chi connectivity index (χ0n) is 13.7. The Kier molecular flexibility index (Phi) is 6.98. The lowest BCUT2D eigenvalue weighted by atomic mass is 10.2. The molecule has 0 saturated heterocycles. The molecule has 0 bridgehead atoms. The number of nitrogens with one attached hydrogen (secondary N) is 2. The molecule has 0 aliphatic carbocycles. The second-order valence-electron chi connectivity index (χ2n) is 4.95. The summed E-state index contributed by atoms with van der Waals surface area (Å²) in [5.74, 6) is -0.110. The second kappa shape index (κ2) is 9.44. The molecule has 0 aromatic heterocycles. The first-order chi connectivity index (χ1) is 12.1. The van der Waals surface area contributed by atoms with Gasteiger partial charge in [0.2, 0.25) is 0 Å². The summed E-state index contributed by atoms with van der Waals surface area (Å²) in [6.45, 7) is 2.25. The van der Waals surface area contributed by atoms with E-state index in [-0.39, 0.29) is 12.5 Å². The number of carbonyl (C=O) groups excluding carboxylic acids is 2. The highest BCUT2D eigenvalue weighted by Gasteiger charge is 2.07. The number of ether oxygens (including phenoxy) is 1. The number of nitrogens with zero attached hydrogens (tertiary/aromatic N) is 1. The molecule has 0 radical (unpaired) electrons. The lowest BCUT2D eigenvalue weighted by Crippen LogP contribution is -2.34. The van der Waals surface area contributed by atoms with Crippen molar-refractivity contribution in [3.05, 3.63) is 64.7 Å². The van der Waals surface area contributed by atoms with E-state index in [1.54, 1.807) is 42.5 Å². The van der Waals surface area contributed by atoms with Crippen molar-refractivity contribution in [3.8, 4) is 5.75 Å². The first-order valence-electron chi connectivity index (χ1n) is 7.67. The van der Waals surface area contributed by atoms with Crippen LogP contribution in [0.15, 0.2) is 53.6 Å². The molecule has 130 valence electrons. The van der Waals surface area contributed by atoms with Gasteiger partial charge < -0.3 is 10.1 Å². The van der Waals surface area contributed by atoms with E-state index in [4.69, 9.17) is 16.3 Å². The highest BCUT2D eigenvalue weighted by Crippen LogP contribution is 2.12. The van der Waals surface area contributed by atoms with E-state index in [1.165, 1.54) is 6.21 Å². The first-order valence-corrected chi connectivity index (χ1v) is 8.05. The molecule has 0 unspecified atom stereocenters. The predicted octanol–water partition coefficient (Wildman–Crippen LogP) is 2.62. The van der Waals surface area contributed by atoms with Gasteiger partial charge in [0.15, 0.2) is 0 Å². The topological polar surface area (TPSA) is 79.8 Å². The zero-order valence-corrected chi connectivity index (χ0v) is 14.4. The van der Waals surface area contributed by atoms with Crippen LogP contribution < -0.4 is 15.5 Å². The Labute approximate surface area is 150 Å². The lowest BCUT2D eigenvalue weighted by Gasteiger charge is -2.06. The average Bonchev–Trinajstić information content (AvgIpc) is 2.62. The van der Waals surface area contributed by atoms with Gasteiger partial charge in [-0.15, -0.1) is 0 Å². The maximum Gasteiger partial charge on any atom is 0.259 e. The molecule has 0 atom stereocenters. The summed E-state index contributed by atoms with van der Waals surface area (Å²) in [5.41, 5.74) is 3.45. The predicted molar refractivity (Wildman–Crippen MR) is 97.1 cm³/mol. The third-order valence-electron chi connectivity index (χ3n) is 3.14. The van der Waals surface area contributed by atoms with Gasteiger partial charge >= 0.3 is 0 Å². The van der Waals surface area contributed by atoms with Crippen LogP contribution in [0.25, 0.3) is 0 Å². The van der Waals surface area contributed by atoms with E-state index in [9.17, 15) is 9.59 Å². The summed E-state index contributed by atoms with van der Waals surface area (Å²) in [4.78, 5) is 23.7. The Morgan fingerprint density at radius 3 is 2.56 bits per heavy atom. The van der Waals surface area contributed by atoms with E-state index in [0.717, 1.165) is 0 Å². The van der Waals surface area contributed by atoms with E-state index < -0.39 is 5.91 Å². The van der Waals surface area contributed by atoms with Crippen molar-refractivity contribution >= 4 is 29.6 Å². The minimum atomic E-state index is -0.442. The number of carbonyl (C=O) groups is 2. The van der Waals surface area contributed by atoms with Crippen molar-refractivity contribution in [2.24, 2.45) is 5.10 Å². The number of hydrogen-bond acceptors (Lipinski definition) is 4. The number of benzene rings is 2. The molecule has 2 amide bonds. The molecule has 0 spiro atoms.